The van der Waals surface area contributed by atoms with Gasteiger partial charge in [0.2, 0.25) is 0 Å². The molecule has 0 radical (unpaired) electrons. The summed E-state index contributed by atoms with van der Waals surface area (Å²) in [6.07, 6.45) is 0. The number of nitrogens with one attached hydrogen (secondary N) is 2. The van der Waals surface area contributed by atoms with E-state index < -0.39 is 0 Å². The van der Waals surface area contributed by atoms with Gasteiger partial charge in [0, 0.05) is 6.07 Å². The summed E-state index contributed by atoms with van der Waals surface area (Å²) in [4.78, 5) is 15.7. The number of aromatic nitrogens is 1. The van der Waals surface area contributed by atoms with Crippen molar-refractivity contribution in [3.8, 4) is 0 Å². The van der Waals surface area contributed by atoms with Crippen LogP contribution in [0.1, 0.15) is 21.6 Å². The van der Waals surface area contributed by atoms with Crippen molar-refractivity contribution in [2.75, 3.05) is 5.32 Å². The minimum absolute atomic E-state index is 0.104. The molecular formula is C18H17N2O+. The summed E-state index contributed by atoms with van der Waals surface area (Å²) in [5.41, 5.74) is 2.81. The highest BCUT2D eigenvalue weighted by atomic mass is 16.1. The second kappa shape index (κ2) is 5.37. The topological polar surface area (TPSA) is 43.2 Å². The Morgan fingerprint density at radius 2 is 1.76 bits per heavy atom. The van der Waals surface area contributed by atoms with Gasteiger partial charge in [0.25, 0.3) is 5.82 Å². The molecule has 2 aromatic carbocycles. The predicted molar refractivity (Wildman–Crippen MR) is 84.4 cm³/mol. The number of carbonyl (C=O) groups is 1. The van der Waals surface area contributed by atoms with Crippen LogP contribution in [-0.4, -0.2) is 5.91 Å². The molecule has 0 atom stereocenters. The Morgan fingerprint density at radius 3 is 2.57 bits per heavy atom. The third kappa shape index (κ3) is 2.77. The fraction of sp³-hybridized carbons (Fsp3) is 0.111. The molecule has 0 bridgehead atoms. The molecule has 0 fully saturated rings. The molecule has 0 spiro atoms. The maximum Gasteiger partial charge on any atom is 0.339 e. The average Bonchev–Trinajstić information content (AvgIpc) is 2.45. The lowest BCUT2D eigenvalue weighted by Crippen LogP contribution is -2.21. The van der Waals surface area contributed by atoms with Gasteiger partial charge in [-0.3, -0.25) is 0 Å². The molecule has 0 aliphatic heterocycles. The van der Waals surface area contributed by atoms with Gasteiger partial charge in [0.05, 0.1) is 11.3 Å². The number of hydrogen-bond acceptors (Lipinski definition) is 1. The van der Waals surface area contributed by atoms with Gasteiger partial charge in [-0.05, 0) is 42.3 Å². The zero-order chi connectivity index (χ0) is 14.8. The molecule has 0 saturated heterocycles. The summed E-state index contributed by atoms with van der Waals surface area (Å²) in [5.74, 6) is 0.610. The van der Waals surface area contributed by atoms with E-state index >= 15 is 0 Å². The van der Waals surface area contributed by atoms with E-state index in [-0.39, 0.29) is 5.91 Å². The second-order valence-corrected chi connectivity index (χ2v) is 5.24. The molecule has 21 heavy (non-hydrogen) atoms. The van der Waals surface area contributed by atoms with Crippen LogP contribution in [0.2, 0.25) is 0 Å². The molecule has 1 aromatic heterocycles. The molecular weight excluding hydrogens is 260 g/mol. The Kier molecular flexibility index (Phi) is 3.40. The van der Waals surface area contributed by atoms with Crippen molar-refractivity contribution in [3.63, 3.8) is 0 Å². The number of fused-ring (bicyclic) bond motifs is 1. The zero-order valence-electron chi connectivity index (χ0n) is 12.1. The lowest BCUT2D eigenvalue weighted by Gasteiger charge is -2.04. The Hall–Kier alpha value is -2.68. The third-order valence-electron chi connectivity index (χ3n) is 3.43. The molecule has 2 N–H and O–H groups in total. The van der Waals surface area contributed by atoms with E-state index in [1.807, 2.05) is 68.4 Å². The van der Waals surface area contributed by atoms with Gasteiger partial charge in [-0.2, -0.15) is 0 Å². The van der Waals surface area contributed by atoms with Gasteiger partial charge in [0.15, 0.2) is 0 Å². The summed E-state index contributed by atoms with van der Waals surface area (Å²) >= 11 is 0. The number of rotatable bonds is 2. The fourth-order valence-electron chi connectivity index (χ4n) is 2.58. The molecule has 1 amide bonds. The van der Waals surface area contributed by atoms with E-state index in [1.54, 1.807) is 0 Å². The van der Waals surface area contributed by atoms with E-state index in [0.717, 1.165) is 22.0 Å². The Bertz CT molecular complexity index is 799. The van der Waals surface area contributed by atoms with Crippen molar-refractivity contribution in [2.45, 2.75) is 13.8 Å². The number of carbonyl (C=O) groups excluding carboxylic acids is 1. The second-order valence-electron chi connectivity index (χ2n) is 5.24. The number of aryl methyl sites for hydroxylation is 2. The summed E-state index contributed by atoms with van der Waals surface area (Å²) in [6, 6.07) is 17.6. The largest absolute Gasteiger partial charge is 0.339 e. The normalized spacial score (nSPS) is 10.6. The van der Waals surface area contributed by atoms with Crippen LogP contribution >= 0.6 is 0 Å². The SMILES string of the molecule is Cc1cc(C)[nH+]c(NC(=O)c2cccc3ccccc23)c1. The highest BCUT2D eigenvalue weighted by Gasteiger charge is 2.16. The number of aromatic amines is 1. The van der Waals surface area contributed by atoms with Crippen LogP contribution < -0.4 is 10.3 Å². The van der Waals surface area contributed by atoms with Crippen LogP contribution in [0.15, 0.2) is 54.6 Å². The number of anilines is 1. The Morgan fingerprint density at radius 1 is 1.00 bits per heavy atom. The summed E-state index contributed by atoms with van der Waals surface area (Å²) < 4.78 is 0. The fourth-order valence-corrected chi connectivity index (χ4v) is 2.58. The first-order chi connectivity index (χ1) is 10.1. The summed E-state index contributed by atoms with van der Waals surface area (Å²) in [5, 5.41) is 4.96. The molecule has 3 rings (SSSR count). The monoisotopic (exact) mass is 277 g/mol. The summed E-state index contributed by atoms with van der Waals surface area (Å²) in [6.45, 7) is 3.98. The summed E-state index contributed by atoms with van der Waals surface area (Å²) in [7, 11) is 0. The first-order valence-corrected chi connectivity index (χ1v) is 6.93. The number of pyridine rings is 1. The van der Waals surface area contributed by atoms with Gasteiger partial charge in [-0.25, -0.2) is 15.1 Å². The van der Waals surface area contributed by atoms with Crippen LogP contribution in [0, 0.1) is 13.8 Å². The number of hydrogen-bond donors (Lipinski definition) is 1. The van der Waals surface area contributed by atoms with Crippen molar-refractivity contribution in [3.05, 3.63) is 71.4 Å². The van der Waals surface area contributed by atoms with Crippen molar-refractivity contribution in [1.82, 2.24) is 0 Å². The van der Waals surface area contributed by atoms with Gasteiger partial charge in [-0.1, -0.05) is 36.4 Å². The van der Waals surface area contributed by atoms with Crippen LogP contribution in [0.25, 0.3) is 10.8 Å². The number of H-pyrrole nitrogens is 1. The Labute approximate surface area is 123 Å². The van der Waals surface area contributed by atoms with Crippen molar-refractivity contribution in [1.29, 1.82) is 0 Å². The van der Waals surface area contributed by atoms with E-state index in [4.69, 9.17) is 0 Å². The zero-order valence-corrected chi connectivity index (χ0v) is 12.1. The van der Waals surface area contributed by atoms with Crippen molar-refractivity contribution in [2.24, 2.45) is 0 Å². The lowest BCUT2D eigenvalue weighted by atomic mass is 10.0. The molecule has 0 aliphatic rings. The number of benzene rings is 2. The van der Waals surface area contributed by atoms with E-state index in [2.05, 4.69) is 10.3 Å². The third-order valence-corrected chi connectivity index (χ3v) is 3.43. The minimum Gasteiger partial charge on any atom is -0.245 e. The lowest BCUT2D eigenvalue weighted by molar-refractivity contribution is -0.370. The smallest absolute Gasteiger partial charge is 0.245 e. The molecule has 1 heterocycles. The van der Waals surface area contributed by atoms with Crippen molar-refractivity contribution < 1.29 is 9.78 Å². The van der Waals surface area contributed by atoms with Crippen molar-refractivity contribution >= 4 is 22.5 Å². The standard InChI is InChI=1S/C18H16N2O/c1-12-10-13(2)19-17(11-12)20-18(21)16-9-5-7-14-6-3-4-8-15(14)16/h3-11H,1-2H3,(H,19,20,21)/p+1. The van der Waals surface area contributed by atoms with E-state index in [1.165, 1.54) is 0 Å². The first kappa shape index (κ1) is 13.3. The van der Waals surface area contributed by atoms with E-state index in [9.17, 15) is 4.79 Å². The molecule has 0 unspecified atom stereocenters. The maximum absolute atomic E-state index is 12.5. The Balaban J connectivity index is 1.97. The van der Waals surface area contributed by atoms with Crippen LogP contribution in [0.3, 0.4) is 0 Å². The quantitative estimate of drug-likeness (QED) is 0.765. The molecule has 0 saturated carbocycles. The molecule has 3 nitrogen and oxygen atoms in total. The maximum atomic E-state index is 12.5. The molecule has 104 valence electrons. The minimum atomic E-state index is -0.104. The van der Waals surface area contributed by atoms with Crippen LogP contribution in [-0.2, 0) is 0 Å². The highest BCUT2D eigenvalue weighted by Crippen LogP contribution is 2.19. The highest BCUT2D eigenvalue weighted by molar-refractivity contribution is 6.12. The molecule has 3 aromatic rings. The van der Waals surface area contributed by atoms with Gasteiger partial charge in [0.1, 0.15) is 0 Å². The van der Waals surface area contributed by atoms with Crippen LogP contribution in [0.5, 0.6) is 0 Å². The van der Waals surface area contributed by atoms with Gasteiger partial charge in [-0.15, -0.1) is 0 Å². The van der Waals surface area contributed by atoms with Gasteiger partial charge < -0.3 is 0 Å². The van der Waals surface area contributed by atoms with Gasteiger partial charge >= 0.3 is 5.91 Å². The van der Waals surface area contributed by atoms with Crippen LogP contribution in [0.4, 0.5) is 5.82 Å². The first-order valence-electron chi connectivity index (χ1n) is 6.93. The molecule has 3 heteroatoms. The van der Waals surface area contributed by atoms with E-state index in [0.29, 0.717) is 11.4 Å². The average molecular weight is 277 g/mol. The predicted octanol–water partition coefficient (Wildman–Crippen LogP) is 3.52. The molecule has 0 aliphatic carbocycles. The number of amides is 1.